The second-order valence-electron chi connectivity index (χ2n) is 8.24. The number of carbonyl (C=O) groups excluding carboxylic acids is 3. The highest BCUT2D eigenvalue weighted by molar-refractivity contribution is 6.22. The number of carboxylic acids is 1. The summed E-state index contributed by atoms with van der Waals surface area (Å²) in [6, 6.07) is 11.0. The van der Waals surface area contributed by atoms with E-state index in [1.54, 1.807) is 0 Å². The molecule has 3 N–H and O–H groups in total. The molecule has 14 heteroatoms. The molecule has 0 fully saturated rings. The SMILES string of the molecule is O=C(O)c1ccc2c(c1)C(=O)N(CCNc1ccc(C(=O)Nc3ccccc3C(F)(F)F)cc1[N+](=O)[O-])C2=O. The number of alkyl halides is 3. The van der Waals surface area contributed by atoms with Gasteiger partial charge in [0.2, 0.25) is 0 Å². The maximum atomic E-state index is 13.2. The first-order chi connectivity index (χ1) is 18.4. The van der Waals surface area contributed by atoms with Crippen LogP contribution in [0, 0.1) is 10.1 Å². The van der Waals surface area contributed by atoms with E-state index in [1.807, 2.05) is 0 Å². The highest BCUT2D eigenvalue weighted by Gasteiger charge is 2.36. The van der Waals surface area contributed by atoms with Gasteiger partial charge < -0.3 is 15.7 Å². The lowest BCUT2D eigenvalue weighted by Crippen LogP contribution is -2.34. The number of nitro groups is 1. The van der Waals surface area contributed by atoms with Gasteiger partial charge in [-0.2, -0.15) is 13.2 Å². The van der Waals surface area contributed by atoms with Crippen molar-refractivity contribution in [2.24, 2.45) is 0 Å². The molecule has 0 saturated carbocycles. The van der Waals surface area contributed by atoms with Gasteiger partial charge in [-0.25, -0.2) is 4.79 Å². The predicted molar refractivity (Wildman–Crippen MR) is 130 cm³/mol. The van der Waals surface area contributed by atoms with Crippen LogP contribution in [0.2, 0.25) is 0 Å². The van der Waals surface area contributed by atoms with E-state index in [1.165, 1.54) is 24.3 Å². The summed E-state index contributed by atoms with van der Waals surface area (Å²) in [7, 11) is 0. The number of halogens is 3. The second-order valence-corrected chi connectivity index (χ2v) is 8.24. The van der Waals surface area contributed by atoms with Gasteiger partial charge in [-0.05, 0) is 42.5 Å². The van der Waals surface area contributed by atoms with Crippen molar-refractivity contribution in [2.45, 2.75) is 6.18 Å². The Bertz CT molecular complexity index is 1540. The van der Waals surface area contributed by atoms with E-state index in [2.05, 4.69) is 10.6 Å². The standard InChI is InChI=1S/C25H17F3N4O7/c26-25(27,28)17-3-1-2-4-18(17)30-21(33)13-6-8-19(20(12-13)32(38)39)29-9-10-31-22(34)15-7-5-14(24(36)37)11-16(15)23(31)35/h1-8,11-12,29H,9-10H2,(H,30,33)(H,36,37). The van der Waals surface area contributed by atoms with Crippen LogP contribution in [0.25, 0.3) is 0 Å². The fourth-order valence-electron chi connectivity index (χ4n) is 3.94. The molecule has 0 bridgehead atoms. The molecule has 3 aromatic carbocycles. The number of benzene rings is 3. The maximum absolute atomic E-state index is 13.2. The number of nitro benzene ring substituents is 1. The number of para-hydroxylation sites is 1. The van der Waals surface area contributed by atoms with Crippen molar-refractivity contribution >= 4 is 40.8 Å². The number of nitrogens with zero attached hydrogens (tertiary/aromatic N) is 2. The van der Waals surface area contributed by atoms with E-state index in [0.717, 1.165) is 41.3 Å². The lowest BCUT2D eigenvalue weighted by molar-refractivity contribution is -0.384. The number of aromatic carboxylic acids is 1. The van der Waals surface area contributed by atoms with Gasteiger partial charge in [-0.15, -0.1) is 0 Å². The van der Waals surface area contributed by atoms with Gasteiger partial charge in [0, 0.05) is 24.7 Å². The number of imide groups is 1. The van der Waals surface area contributed by atoms with Crippen molar-refractivity contribution in [3.63, 3.8) is 0 Å². The van der Waals surface area contributed by atoms with Crippen molar-refractivity contribution in [1.29, 1.82) is 0 Å². The molecule has 3 amide bonds. The van der Waals surface area contributed by atoms with Gasteiger partial charge >= 0.3 is 12.1 Å². The Morgan fingerprint density at radius 1 is 0.923 bits per heavy atom. The average molecular weight is 542 g/mol. The molecule has 4 rings (SSSR count). The number of amides is 3. The van der Waals surface area contributed by atoms with E-state index in [9.17, 15) is 42.5 Å². The zero-order chi connectivity index (χ0) is 28.5. The lowest BCUT2D eigenvalue weighted by Gasteiger charge is -2.15. The first-order valence-electron chi connectivity index (χ1n) is 11.1. The summed E-state index contributed by atoms with van der Waals surface area (Å²) in [6.45, 7) is -0.356. The second kappa shape index (κ2) is 10.2. The van der Waals surface area contributed by atoms with E-state index >= 15 is 0 Å². The summed E-state index contributed by atoms with van der Waals surface area (Å²) in [5.74, 6) is -3.66. The van der Waals surface area contributed by atoms with Crippen LogP contribution in [0.15, 0.2) is 60.7 Å². The van der Waals surface area contributed by atoms with Crippen LogP contribution in [0.5, 0.6) is 0 Å². The van der Waals surface area contributed by atoms with Gasteiger partial charge in [0.15, 0.2) is 0 Å². The molecule has 0 aromatic heterocycles. The van der Waals surface area contributed by atoms with E-state index in [0.29, 0.717) is 0 Å². The third kappa shape index (κ3) is 5.39. The Morgan fingerprint density at radius 3 is 2.26 bits per heavy atom. The Hall–Kier alpha value is -5.27. The summed E-state index contributed by atoms with van der Waals surface area (Å²) in [5, 5.41) is 25.5. The molecule has 0 atom stereocenters. The number of hydrogen-bond acceptors (Lipinski definition) is 7. The summed E-state index contributed by atoms with van der Waals surface area (Å²) < 4.78 is 39.6. The quantitative estimate of drug-likeness (QED) is 0.216. The average Bonchev–Trinajstić information content (AvgIpc) is 3.12. The lowest BCUT2D eigenvalue weighted by atomic mass is 10.1. The van der Waals surface area contributed by atoms with Crippen LogP contribution in [-0.2, 0) is 6.18 Å². The first-order valence-corrected chi connectivity index (χ1v) is 11.1. The van der Waals surface area contributed by atoms with Crippen molar-refractivity contribution in [1.82, 2.24) is 4.90 Å². The summed E-state index contributed by atoms with van der Waals surface area (Å²) in [5.41, 5.74) is -2.74. The Balaban J connectivity index is 1.47. The Labute approximate surface area is 217 Å². The third-order valence-electron chi connectivity index (χ3n) is 5.81. The summed E-state index contributed by atoms with van der Waals surface area (Å²) in [6.07, 6.45) is -4.73. The molecule has 11 nitrogen and oxygen atoms in total. The van der Waals surface area contributed by atoms with Crippen LogP contribution >= 0.6 is 0 Å². The zero-order valence-electron chi connectivity index (χ0n) is 19.6. The molecule has 1 heterocycles. The third-order valence-corrected chi connectivity index (χ3v) is 5.81. The Morgan fingerprint density at radius 2 is 1.59 bits per heavy atom. The number of hydrogen-bond donors (Lipinski definition) is 3. The van der Waals surface area contributed by atoms with Gasteiger partial charge in [0.25, 0.3) is 23.4 Å². The van der Waals surface area contributed by atoms with Gasteiger partial charge in [0.1, 0.15) is 5.69 Å². The molecule has 0 spiro atoms. The molecule has 0 radical (unpaired) electrons. The number of anilines is 2. The van der Waals surface area contributed by atoms with Crippen LogP contribution in [-0.4, -0.2) is 51.7 Å². The van der Waals surface area contributed by atoms with E-state index < -0.39 is 51.7 Å². The van der Waals surface area contributed by atoms with Crippen LogP contribution < -0.4 is 10.6 Å². The maximum Gasteiger partial charge on any atom is 0.418 e. The van der Waals surface area contributed by atoms with Crippen molar-refractivity contribution in [3.8, 4) is 0 Å². The van der Waals surface area contributed by atoms with Crippen molar-refractivity contribution in [3.05, 3.63) is 98.6 Å². The molecule has 0 unspecified atom stereocenters. The number of rotatable bonds is 8. The smallest absolute Gasteiger partial charge is 0.418 e. The number of carbonyl (C=O) groups is 4. The fourth-order valence-corrected chi connectivity index (χ4v) is 3.94. The summed E-state index contributed by atoms with van der Waals surface area (Å²) >= 11 is 0. The van der Waals surface area contributed by atoms with Crippen LogP contribution in [0.3, 0.4) is 0 Å². The van der Waals surface area contributed by atoms with Crippen LogP contribution in [0.1, 0.15) is 47.0 Å². The highest BCUT2D eigenvalue weighted by Crippen LogP contribution is 2.35. The minimum Gasteiger partial charge on any atom is -0.478 e. The van der Waals surface area contributed by atoms with E-state index in [4.69, 9.17) is 5.11 Å². The number of carboxylic acid groups (broad SMARTS) is 1. The minimum absolute atomic E-state index is 0.0263. The topological polar surface area (TPSA) is 159 Å². The molecule has 0 aliphatic carbocycles. The molecular formula is C25H17F3N4O7. The predicted octanol–water partition coefficient (Wildman–Crippen LogP) is 4.27. The Kier molecular flexibility index (Phi) is 7.03. The van der Waals surface area contributed by atoms with Gasteiger partial charge in [-0.1, -0.05) is 12.1 Å². The fraction of sp³-hybridized carbons (Fsp3) is 0.120. The molecule has 1 aliphatic heterocycles. The molecule has 0 saturated heterocycles. The molecule has 39 heavy (non-hydrogen) atoms. The van der Waals surface area contributed by atoms with Crippen molar-refractivity contribution < 1.29 is 42.4 Å². The van der Waals surface area contributed by atoms with Gasteiger partial charge in [0.05, 0.1) is 32.9 Å². The molecule has 1 aliphatic rings. The number of nitrogens with one attached hydrogen (secondary N) is 2. The van der Waals surface area contributed by atoms with Crippen LogP contribution in [0.4, 0.5) is 30.2 Å². The van der Waals surface area contributed by atoms with Gasteiger partial charge in [-0.3, -0.25) is 29.4 Å². The molecule has 200 valence electrons. The van der Waals surface area contributed by atoms with E-state index in [-0.39, 0.29) is 41.0 Å². The monoisotopic (exact) mass is 542 g/mol. The van der Waals surface area contributed by atoms with Crippen molar-refractivity contribution in [2.75, 3.05) is 23.7 Å². The highest BCUT2D eigenvalue weighted by atomic mass is 19.4. The first kappa shape index (κ1) is 26.8. The summed E-state index contributed by atoms with van der Waals surface area (Å²) in [4.78, 5) is 60.6. The molecular weight excluding hydrogens is 525 g/mol. The normalized spacial score (nSPS) is 12.7. The minimum atomic E-state index is -4.73. The number of fused-ring (bicyclic) bond motifs is 1. The zero-order valence-corrected chi connectivity index (χ0v) is 19.6. The molecule has 3 aromatic rings. The largest absolute Gasteiger partial charge is 0.478 e.